The Morgan fingerprint density at radius 1 is 1.12 bits per heavy atom. The number of carbonyl (C=O) groups is 1. The first kappa shape index (κ1) is 18.2. The molecule has 0 aliphatic rings. The fourth-order valence-corrected chi connectivity index (χ4v) is 2.22. The van der Waals surface area contributed by atoms with Crippen LogP contribution in [0.4, 0.5) is 0 Å². The minimum absolute atomic E-state index is 0.0609. The summed E-state index contributed by atoms with van der Waals surface area (Å²) in [6, 6.07) is 15.1. The molecule has 0 heterocycles. The van der Waals surface area contributed by atoms with Crippen molar-refractivity contribution in [2.24, 2.45) is 10.3 Å². The molecule has 0 fully saturated rings. The van der Waals surface area contributed by atoms with Gasteiger partial charge in [0.25, 0.3) is 0 Å². The van der Waals surface area contributed by atoms with Crippen LogP contribution in [0.5, 0.6) is 0 Å². The molecule has 25 heavy (non-hydrogen) atoms. The number of methoxy groups -OCH3 is 1. The van der Waals surface area contributed by atoms with Crippen LogP contribution >= 0.6 is 0 Å². The van der Waals surface area contributed by atoms with Crippen molar-refractivity contribution < 1.29 is 19.2 Å². The summed E-state index contributed by atoms with van der Waals surface area (Å²) >= 11 is 0. The maximum atomic E-state index is 11.9. The Hall–Kier alpha value is -3.15. The molecule has 0 spiro atoms. The van der Waals surface area contributed by atoms with E-state index in [1.165, 1.54) is 20.4 Å². The molecular formula is C19H20N2O4. The predicted octanol–water partition coefficient (Wildman–Crippen LogP) is 3.07. The van der Waals surface area contributed by atoms with Crippen LogP contribution in [-0.4, -0.2) is 32.1 Å². The Kier molecular flexibility index (Phi) is 6.71. The van der Waals surface area contributed by atoms with Gasteiger partial charge in [-0.1, -0.05) is 64.4 Å². The number of ether oxygens (including phenoxy) is 1. The molecule has 2 aromatic carbocycles. The van der Waals surface area contributed by atoms with E-state index in [2.05, 4.69) is 10.3 Å². The van der Waals surface area contributed by atoms with E-state index < -0.39 is 5.97 Å². The number of hydrogen-bond donors (Lipinski definition) is 0. The molecule has 0 unspecified atom stereocenters. The SMILES string of the molecule is CON=C(C(=O)OC)c1ccccc1C=NOCc1cccc(C)c1. The van der Waals surface area contributed by atoms with Gasteiger partial charge in [-0.15, -0.1) is 0 Å². The summed E-state index contributed by atoms with van der Waals surface area (Å²) in [7, 11) is 2.65. The van der Waals surface area contributed by atoms with E-state index >= 15 is 0 Å². The van der Waals surface area contributed by atoms with Gasteiger partial charge in [0.05, 0.1) is 13.3 Å². The number of aryl methyl sites for hydroxylation is 1. The minimum atomic E-state index is -0.594. The smallest absolute Gasteiger partial charge is 0.360 e. The van der Waals surface area contributed by atoms with Gasteiger partial charge in [0.15, 0.2) is 5.71 Å². The predicted molar refractivity (Wildman–Crippen MR) is 95.6 cm³/mol. The van der Waals surface area contributed by atoms with Crippen molar-refractivity contribution in [1.29, 1.82) is 0 Å². The topological polar surface area (TPSA) is 69.5 Å². The van der Waals surface area contributed by atoms with Gasteiger partial charge in [0.1, 0.15) is 13.7 Å². The monoisotopic (exact) mass is 340 g/mol. The van der Waals surface area contributed by atoms with Gasteiger partial charge in [-0.3, -0.25) is 0 Å². The second-order valence-electron chi connectivity index (χ2n) is 5.20. The first-order chi connectivity index (χ1) is 12.2. The second-order valence-corrected chi connectivity index (χ2v) is 5.20. The highest BCUT2D eigenvalue weighted by Crippen LogP contribution is 2.11. The number of rotatable bonds is 7. The van der Waals surface area contributed by atoms with Gasteiger partial charge in [-0.05, 0) is 12.5 Å². The molecule has 0 saturated heterocycles. The van der Waals surface area contributed by atoms with E-state index in [1.807, 2.05) is 37.3 Å². The maximum Gasteiger partial charge on any atom is 0.360 e. The number of carbonyl (C=O) groups excluding carboxylic acids is 1. The number of hydrogen-bond acceptors (Lipinski definition) is 6. The van der Waals surface area contributed by atoms with Gasteiger partial charge in [-0.2, -0.15) is 0 Å². The molecule has 0 radical (unpaired) electrons. The zero-order chi connectivity index (χ0) is 18.1. The van der Waals surface area contributed by atoms with Gasteiger partial charge in [-0.25, -0.2) is 4.79 Å². The third kappa shape index (κ3) is 5.17. The Balaban J connectivity index is 2.14. The number of oxime groups is 2. The molecule has 6 nitrogen and oxygen atoms in total. The summed E-state index contributed by atoms with van der Waals surface area (Å²) in [6.45, 7) is 2.38. The van der Waals surface area contributed by atoms with Crippen LogP contribution in [0.25, 0.3) is 0 Å². The Morgan fingerprint density at radius 2 is 1.92 bits per heavy atom. The van der Waals surface area contributed by atoms with E-state index in [0.717, 1.165) is 11.1 Å². The molecule has 0 atom stereocenters. The average molecular weight is 340 g/mol. The fraction of sp³-hybridized carbons (Fsp3) is 0.211. The molecule has 0 amide bonds. The average Bonchev–Trinajstić information content (AvgIpc) is 2.63. The molecule has 2 rings (SSSR count). The molecule has 0 aromatic heterocycles. The molecule has 0 bridgehead atoms. The summed E-state index contributed by atoms with van der Waals surface area (Å²) in [4.78, 5) is 22.0. The molecule has 0 aliphatic heterocycles. The van der Waals surface area contributed by atoms with Crippen molar-refractivity contribution in [3.63, 3.8) is 0 Å². The van der Waals surface area contributed by atoms with Crippen LogP contribution in [0, 0.1) is 6.92 Å². The largest absolute Gasteiger partial charge is 0.464 e. The van der Waals surface area contributed by atoms with E-state index in [1.54, 1.807) is 18.2 Å². The molecular weight excluding hydrogens is 320 g/mol. The van der Waals surface area contributed by atoms with Crippen molar-refractivity contribution in [2.75, 3.05) is 14.2 Å². The third-order valence-corrected chi connectivity index (χ3v) is 3.36. The fourth-order valence-electron chi connectivity index (χ4n) is 2.22. The van der Waals surface area contributed by atoms with Crippen molar-refractivity contribution in [2.45, 2.75) is 13.5 Å². The number of esters is 1. The van der Waals surface area contributed by atoms with Crippen LogP contribution < -0.4 is 0 Å². The van der Waals surface area contributed by atoms with Crippen molar-refractivity contribution in [1.82, 2.24) is 0 Å². The summed E-state index contributed by atoms with van der Waals surface area (Å²) in [5.74, 6) is -0.594. The van der Waals surface area contributed by atoms with Crippen LogP contribution in [-0.2, 0) is 25.8 Å². The van der Waals surface area contributed by atoms with Crippen molar-refractivity contribution >= 4 is 17.9 Å². The first-order valence-electron chi connectivity index (χ1n) is 7.65. The lowest BCUT2D eigenvalue weighted by Crippen LogP contribution is -2.19. The van der Waals surface area contributed by atoms with Gasteiger partial charge >= 0.3 is 5.97 Å². The van der Waals surface area contributed by atoms with Gasteiger partial charge in [0.2, 0.25) is 0 Å². The molecule has 2 aromatic rings. The summed E-state index contributed by atoms with van der Waals surface area (Å²) in [5.41, 5.74) is 3.45. The first-order valence-corrected chi connectivity index (χ1v) is 7.65. The van der Waals surface area contributed by atoms with Crippen LogP contribution in [0.3, 0.4) is 0 Å². The Labute approximate surface area is 146 Å². The molecule has 6 heteroatoms. The maximum absolute atomic E-state index is 11.9. The second kappa shape index (κ2) is 9.22. The molecule has 0 saturated carbocycles. The zero-order valence-electron chi connectivity index (χ0n) is 14.4. The lowest BCUT2D eigenvalue weighted by atomic mass is 10.0. The van der Waals surface area contributed by atoms with Crippen molar-refractivity contribution in [3.05, 3.63) is 70.8 Å². The van der Waals surface area contributed by atoms with Gasteiger partial charge < -0.3 is 14.4 Å². The van der Waals surface area contributed by atoms with Crippen LogP contribution in [0.15, 0.2) is 58.8 Å². The molecule has 130 valence electrons. The van der Waals surface area contributed by atoms with E-state index in [-0.39, 0.29) is 5.71 Å². The molecule has 0 N–H and O–H groups in total. The normalized spacial score (nSPS) is 11.4. The summed E-state index contributed by atoms with van der Waals surface area (Å²) in [5, 5.41) is 7.73. The third-order valence-electron chi connectivity index (χ3n) is 3.36. The van der Waals surface area contributed by atoms with Crippen molar-refractivity contribution in [3.8, 4) is 0 Å². The lowest BCUT2D eigenvalue weighted by molar-refractivity contribution is -0.132. The van der Waals surface area contributed by atoms with E-state index in [4.69, 9.17) is 14.4 Å². The highest BCUT2D eigenvalue weighted by atomic mass is 16.6. The standard InChI is InChI=1S/C19H20N2O4/c1-14-7-6-8-15(11-14)13-25-20-12-16-9-4-5-10-17(16)18(21-24-3)19(22)23-2/h4-12H,13H2,1-3H3. The van der Waals surface area contributed by atoms with Crippen LogP contribution in [0.2, 0.25) is 0 Å². The summed E-state index contributed by atoms with van der Waals surface area (Å²) in [6.07, 6.45) is 1.53. The zero-order valence-corrected chi connectivity index (χ0v) is 14.4. The van der Waals surface area contributed by atoms with Gasteiger partial charge in [0, 0.05) is 11.1 Å². The summed E-state index contributed by atoms with van der Waals surface area (Å²) < 4.78 is 4.74. The van der Waals surface area contributed by atoms with Crippen LogP contribution in [0.1, 0.15) is 22.3 Å². The highest BCUT2D eigenvalue weighted by Gasteiger charge is 2.18. The molecule has 0 aliphatic carbocycles. The number of benzene rings is 2. The number of nitrogens with zero attached hydrogens (tertiary/aromatic N) is 2. The Bertz CT molecular complexity index is 784. The van der Waals surface area contributed by atoms with E-state index in [0.29, 0.717) is 17.7 Å². The Morgan fingerprint density at radius 3 is 2.64 bits per heavy atom. The lowest BCUT2D eigenvalue weighted by Gasteiger charge is -2.07. The minimum Gasteiger partial charge on any atom is -0.464 e. The quantitative estimate of drug-likeness (QED) is 0.441. The van der Waals surface area contributed by atoms with E-state index in [9.17, 15) is 4.79 Å². The highest BCUT2D eigenvalue weighted by molar-refractivity contribution is 6.44.